The van der Waals surface area contributed by atoms with E-state index in [-0.39, 0.29) is 17.0 Å². The molecule has 12 heavy (non-hydrogen) atoms. The summed E-state index contributed by atoms with van der Waals surface area (Å²) in [4.78, 5) is 13.4. The molecule has 0 aliphatic carbocycles. The summed E-state index contributed by atoms with van der Waals surface area (Å²) in [6.45, 7) is 10.3. The topological polar surface area (TPSA) is 20.3 Å². The molecule has 1 heterocycles. The number of amides is 1. The lowest BCUT2D eigenvalue weighted by atomic mass is 9.97. The predicted octanol–water partition coefficient (Wildman–Crippen LogP) is 1.96. The molecule has 0 fully saturated rings. The van der Waals surface area contributed by atoms with Gasteiger partial charge in [0, 0.05) is 11.6 Å². The summed E-state index contributed by atoms with van der Waals surface area (Å²) in [6, 6.07) is 0. The maximum absolute atomic E-state index is 11.5. The molecule has 0 spiro atoms. The highest BCUT2D eigenvalue weighted by Gasteiger charge is 2.39. The molecule has 0 atom stereocenters. The zero-order chi connectivity index (χ0) is 9.57. The van der Waals surface area contributed by atoms with Crippen molar-refractivity contribution in [3.05, 3.63) is 12.2 Å². The third-order valence-electron chi connectivity index (χ3n) is 2.10. The first-order valence-corrected chi connectivity index (χ1v) is 4.29. The molecule has 0 unspecified atom stereocenters. The molecule has 0 saturated carbocycles. The number of hydrogen-bond donors (Lipinski definition) is 0. The monoisotopic (exact) mass is 167 g/mol. The van der Waals surface area contributed by atoms with Crippen LogP contribution in [0.4, 0.5) is 0 Å². The van der Waals surface area contributed by atoms with E-state index in [0.717, 1.165) is 0 Å². The smallest absolute Gasteiger partial charge is 0.247 e. The molecule has 0 aromatic rings. The molecule has 1 aliphatic heterocycles. The van der Waals surface area contributed by atoms with Crippen molar-refractivity contribution in [1.29, 1.82) is 0 Å². The van der Waals surface area contributed by atoms with Crippen LogP contribution in [-0.4, -0.2) is 21.9 Å². The second-order valence-electron chi connectivity index (χ2n) is 4.83. The van der Waals surface area contributed by atoms with Crippen LogP contribution in [0, 0.1) is 0 Å². The van der Waals surface area contributed by atoms with Crippen LogP contribution in [0.25, 0.3) is 0 Å². The summed E-state index contributed by atoms with van der Waals surface area (Å²) >= 11 is 0. The molecular weight excluding hydrogens is 150 g/mol. The predicted molar refractivity (Wildman–Crippen MR) is 49.8 cm³/mol. The van der Waals surface area contributed by atoms with E-state index in [1.165, 1.54) is 0 Å². The van der Waals surface area contributed by atoms with Gasteiger partial charge in [-0.05, 0) is 34.6 Å². The number of carbonyl (C=O) groups is 1. The fraction of sp³-hybridized carbons (Fsp3) is 0.700. The van der Waals surface area contributed by atoms with Crippen LogP contribution < -0.4 is 0 Å². The van der Waals surface area contributed by atoms with Gasteiger partial charge in [-0.25, -0.2) is 0 Å². The van der Waals surface area contributed by atoms with E-state index in [9.17, 15) is 4.79 Å². The van der Waals surface area contributed by atoms with Gasteiger partial charge in [-0.3, -0.25) is 4.79 Å². The SMILES string of the molecule is CC(C)(C)N1C(=O)C=CC1(C)C. The second-order valence-corrected chi connectivity index (χ2v) is 4.83. The molecular formula is C10H17NO. The quantitative estimate of drug-likeness (QED) is 0.540. The highest BCUT2D eigenvalue weighted by Crippen LogP contribution is 2.30. The van der Waals surface area contributed by atoms with Gasteiger partial charge in [-0.15, -0.1) is 0 Å². The summed E-state index contributed by atoms with van der Waals surface area (Å²) in [5.74, 6) is 0.118. The molecule has 0 aromatic heterocycles. The van der Waals surface area contributed by atoms with E-state index in [0.29, 0.717) is 0 Å². The first kappa shape index (κ1) is 9.30. The van der Waals surface area contributed by atoms with Crippen LogP contribution in [0.3, 0.4) is 0 Å². The Morgan fingerprint density at radius 2 is 1.83 bits per heavy atom. The van der Waals surface area contributed by atoms with Gasteiger partial charge in [0.2, 0.25) is 5.91 Å². The molecule has 1 aliphatic rings. The third kappa shape index (κ3) is 1.38. The Kier molecular flexibility index (Phi) is 1.82. The lowest BCUT2D eigenvalue weighted by Gasteiger charge is -2.42. The maximum atomic E-state index is 11.5. The number of hydrogen-bond acceptors (Lipinski definition) is 1. The Balaban J connectivity index is 2.99. The van der Waals surface area contributed by atoms with E-state index >= 15 is 0 Å². The zero-order valence-corrected chi connectivity index (χ0v) is 8.51. The van der Waals surface area contributed by atoms with Crippen molar-refractivity contribution in [2.24, 2.45) is 0 Å². The maximum Gasteiger partial charge on any atom is 0.247 e. The van der Waals surface area contributed by atoms with Crippen LogP contribution in [-0.2, 0) is 4.79 Å². The summed E-state index contributed by atoms with van der Waals surface area (Å²) in [7, 11) is 0. The van der Waals surface area contributed by atoms with Gasteiger partial charge in [-0.1, -0.05) is 6.08 Å². The molecule has 1 amide bonds. The normalized spacial score (nSPS) is 22.1. The van der Waals surface area contributed by atoms with Gasteiger partial charge in [0.1, 0.15) is 0 Å². The number of rotatable bonds is 0. The fourth-order valence-corrected chi connectivity index (χ4v) is 1.90. The second kappa shape index (κ2) is 2.35. The van der Waals surface area contributed by atoms with Crippen molar-refractivity contribution in [2.75, 3.05) is 0 Å². The van der Waals surface area contributed by atoms with Crippen LogP contribution in [0.1, 0.15) is 34.6 Å². The van der Waals surface area contributed by atoms with Crippen molar-refractivity contribution in [3.63, 3.8) is 0 Å². The first-order chi connectivity index (χ1) is 5.25. The molecule has 2 nitrogen and oxygen atoms in total. The number of carbonyl (C=O) groups excluding carboxylic acids is 1. The van der Waals surface area contributed by atoms with Crippen molar-refractivity contribution >= 4 is 5.91 Å². The molecule has 0 N–H and O–H groups in total. The van der Waals surface area contributed by atoms with E-state index in [2.05, 4.69) is 34.6 Å². The Morgan fingerprint density at radius 3 is 2.00 bits per heavy atom. The molecule has 0 aromatic carbocycles. The molecule has 0 radical (unpaired) electrons. The van der Waals surface area contributed by atoms with Crippen molar-refractivity contribution in [2.45, 2.75) is 45.7 Å². The molecule has 0 bridgehead atoms. The van der Waals surface area contributed by atoms with Crippen molar-refractivity contribution in [1.82, 2.24) is 4.90 Å². The molecule has 68 valence electrons. The largest absolute Gasteiger partial charge is 0.326 e. The van der Waals surface area contributed by atoms with E-state index in [1.807, 2.05) is 11.0 Å². The Bertz CT molecular complexity index is 233. The standard InChI is InChI=1S/C10H17NO/c1-9(2,3)11-8(12)6-7-10(11,4)5/h6-7H,1-5H3. The highest BCUT2D eigenvalue weighted by atomic mass is 16.2. The summed E-state index contributed by atoms with van der Waals surface area (Å²) in [5, 5.41) is 0. The fourth-order valence-electron chi connectivity index (χ4n) is 1.90. The Hall–Kier alpha value is -0.790. The van der Waals surface area contributed by atoms with Gasteiger partial charge >= 0.3 is 0 Å². The summed E-state index contributed by atoms with van der Waals surface area (Å²) in [6.07, 6.45) is 3.62. The lowest BCUT2D eigenvalue weighted by Crippen LogP contribution is -2.52. The van der Waals surface area contributed by atoms with Gasteiger partial charge < -0.3 is 4.90 Å². The van der Waals surface area contributed by atoms with E-state index < -0.39 is 0 Å². The van der Waals surface area contributed by atoms with Crippen LogP contribution in [0.2, 0.25) is 0 Å². The Morgan fingerprint density at radius 1 is 1.33 bits per heavy atom. The lowest BCUT2D eigenvalue weighted by molar-refractivity contribution is -0.133. The van der Waals surface area contributed by atoms with Gasteiger partial charge in [0.05, 0.1) is 5.54 Å². The third-order valence-corrected chi connectivity index (χ3v) is 2.10. The van der Waals surface area contributed by atoms with Gasteiger partial charge in [-0.2, -0.15) is 0 Å². The summed E-state index contributed by atoms with van der Waals surface area (Å²) in [5.41, 5.74) is -0.223. The van der Waals surface area contributed by atoms with Gasteiger partial charge in [0.15, 0.2) is 0 Å². The minimum absolute atomic E-state index is 0.0932. The highest BCUT2D eigenvalue weighted by molar-refractivity contribution is 5.92. The average molecular weight is 167 g/mol. The Labute approximate surface area is 74.2 Å². The van der Waals surface area contributed by atoms with Crippen molar-refractivity contribution in [3.8, 4) is 0 Å². The van der Waals surface area contributed by atoms with E-state index in [1.54, 1.807) is 6.08 Å². The minimum atomic E-state index is -0.130. The van der Waals surface area contributed by atoms with Crippen LogP contribution in [0.15, 0.2) is 12.2 Å². The minimum Gasteiger partial charge on any atom is -0.326 e. The summed E-state index contributed by atoms with van der Waals surface area (Å²) < 4.78 is 0. The van der Waals surface area contributed by atoms with Crippen molar-refractivity contribution < 1.29 is 4.79 Å². The van der Waals surface area contributed by atoms with E-state index in [4.69, 9.17) is 0 Å². The van der Waals surface area contributed by atoms with Gasteiger partial charge in [0.25, 0.3) is 0 Å². The molecule has 1 rings (SSSR count). The number of nitrogens with zero attached hydrogens (tertiary/aromatic N) is 1. The zero-order valence-electron chi connectivity index (χ0n) is 8.51. The van der Waals surface area contributed by atoms with Crippen LogP contribution >= 0.6 is 0 Å². The van der Waals surface area contributed by atoms with Crippen LogP contribution in [0.5, 0.6) is 0 Å². The average Bonchev–Trinajstić information content (AvgIpc) is 2.03. The molecule has 0 saturated heterocycles. The first-order valence-electron chi connectivity index (χ1n) is 4.29. The molecule has 2 heteroatoms.